The van der Waals surface area contributed by atoms with E-state index in [1.54, 1.807) is 30.3 Å². The lowest BCUT2D eigenvalue weighted by atomic mass is 10.0. The molecule has 0 saturated heterocycles. The number of fused-ring (bicyclic) bond motifs is 1. The summed E-state index contributed by atoms with van der Waals surface area (Å²) in [6, 6.07) is 18.0. The highest BCUT2D eigenvalue weighted by Crippen LogP contribution is 2.41. The smallest absolute Gasteiger partial charge is 0.339 e. The summed E-state index contributed by atoms with van der Waals surface area (Å²) in [5, 5.41) is 3.39. The van der Waals surface area contributed by atoms with Crippen LogP contribution in [0.4, 0.5) is 5.69 Å². The number of hydrogen-bond acceptors (Lipinski definition) is 7. The van der Waals surface area contributed by atoms with Crippen LogP contribution in [-0.2, 0) is 9.53 Å². The minimum Gasteiger partial charge on any atom is -0.493 e. The van der Waals surface area contributed by atoms with Crippen molar-refractivity contribution < 1.29 is 28.5 Å². The van der Waals surface area contributed by atoms with Gasteiger partial charge in [0.25, 0.3) is 5.91 Å². The highest BCUT2D eigenvalue weighted by molar-refractivity contribution is 14.1. The first-order valence-electron chi connectivity index (χ1n) is 11.3. The third-order valence-corrected chi connectivity index (χ3v) is 6.36. The molecule has 4 rings (SSSR count). The number of aryl methyl sites for hydroxylation is 1. The van der Waals surface area contributed by atoms with Crippen LogP contribution < -0.4 is 19.5 Å². The quantitative estimate of drug-likeness (QED) is 0.203. The molecule has 1 aromatic heterocycles. The summed E-state index contributed by atoms with van der Waals surface area (Å²) in [4.78, 5) is 30.4. The fraction of sp³-hybridized carbons (Fsp3) is 0.179. The van der Waals surface area contributed by atoms with Gasteiger partial charge in [-0.1, -0.05) is 18.2 Å². The molecule has 0 aliphatic heterocycles. The molecular formula is C28H25IN2O6. The zero-order valence-electron chi connectivity index (χ0n) is 20.8. The van der Waals surface area contributed by atoms with Gasteiger partial charge in [0.1, 0.15) is 0 Å². The Balaban J connectivity index is 1.64. The van der Waals surface area contributed by atoms with E-state index in [2.05, 4.69) is 27.9 Å². The number of anilines is 1. The highest BCUT2D eigenvalue weighted by atomic mass is 127. The van der Waals surface area contributed by atoms with E-state index in [1.807, 2.05) is 37.3 Å². The Morgan fingerprint density at radius 2 is 1.62 bits per heavy atom. The van der Waals surface area contributed by atoms with Gasteiger partial charge in [-0.2, -0.15) is 0 Å². The van der Waals surface area contributed by atoms with Gasteiger partial charge in [-0.25, -0.2) is 9.78 Å². The lowest BCUT2D eigenvalue weighted by Gasteiger charge is -2.15. The van der Waals surface area contributed by atoms with E-state index < -0.39 is 18.5 Å². The Morgan fingerprint density at radius 1 is 0.919 bits per heavy atom. The number of nitrogens with zero attached hydrogens (tertiary/aromatic N) is 1. The number of benzene rings is 3. The Labute approximate surface area is 228 Å². The van der Waals surface area contributed by atoms with E-state index in [0.29, 0.717) is 45.1 Å². The maximum Gasteiger partial charge on any atom is 0.339 e. The molecule has 0 radical (unpaired) electrons. The molecule has 37 heavy (non-hydrogen) atoms. The fourth-order valence-electron chi connectivity index (χ4n) is 3.88. The Bertz CT molecular complexity index is 1460. The Hall–Kier alpha value is -3.86. The number of ether oxygens (including phenoxy) is 4. The molecule has 0 aliphatic rings. The molecule has 0 saturated carbocycles. The van der Waals surface area contributed by atoms with Gasteiger partial charge in [-0.3, -0.25) is 4.79 Å². The van der Waals surface area contributed by atoms with Crippen molar-refractivity contribution in [1.29, 1.82) is 0 Å². The summed E-state index contributed by atoms with van der Waals surface area (Å²) >= 11 is 2.20. The molecule has 0 fully saturated rings. The number of carbonyl (C=O) groups excluding carboxylic acids is 2. The second kappa shape index (κ2) is 11.5. The number of rotatable bonds is 8. The van der Waals surface area contributed by atoms with Crippen molar-refractivity contribution in [2.45, 2.75) is 6.92 Å². The Morgan fingerprint density at radius 3 is 2.27 bits per heavy atom. The molecule has 0 aliphatic carbocycles. The third-order valence-electron chi connectivity index (χ3n) is 5.69. The van der Waals surface area contributed by atoms with Crippen LogP contribution in [0.1, 0.15) is 15.9 Å². The number of halogens is 1. The highest BCUT2D eigenvalue weighted by Gasteiger charge is 2.19. The van der Waals surface area contributed by atoms with Gasteiger partial charge < -0.3 is 24.3 Å². The maximum absolute atomic E-state index is 13.2. The van der Waals surface area contributed by atoms with Crippen LogP contribution >= 0.6 is 22.6 Å². The van der Waals surface area contributed by atoms with Gasteiger partial charge in [-0.05, 0) is 77.5 Å². The minimum atomic E-state index is -0.637. The van der Waals surface area contributed by atoms with Gasteiger partial charge in [0.05, 0.1) is 38.1 Å². The average molecular weight is 612 g/mol. The maximum atomic E-state index is 13.2. The normalized spacial score (nSPS) is 10.6. The summed E-state index contributed by atoms with van der Waals surface area (Å²) in [6.45, 7) is 1.47. The minimum absolute atomic E-state index is 0.285. The van der Waals surface area contributed by atoms with E-state index >= 15 is 0 Å². The average Bonchev–Trinajstić information content (AvgIpc) is 2.91. The number of para-hydroxylation sites is 1. The zero-order chi connectivity index (χ0) is 26.5. The lowest BCUT2D eigenvalue weighted by molar-refractivity contribution is -0.119. The second-order valence-corrected chi connectivity index (χ2v) is 9.32. The van der Waals surface area contributed by atoms with Crippen LogP contribution in [0.25, 0.3) is 22.2 Å². The summed E-state index contributed by atoms with van der Waals surface area (Å²) in [5.74, 6) is 0.295. The topological polar surface area (TPSA) is 96.0 Å². The molecule has 1 heterocycles. The van der Waals surface area contributed by atoms with E-state index in [0.717, 1.165) is 9.13 Å². The molecule has 3 aromatic carbocycles. The summed E-state index contributed by atoms with van der Waals surface area (Å²) in [7, 11) is 4.58. The van der Waals surface area contributed by atoms with E-state index in [4.69, 9.17) is 23.9 Å². The van der Waals surface area contributed by atoms with Crippen LogP contribution in [0.2, 0.25) is 0 Å². The van der Waals surface area contributed by atoms with E-state index in [-0.39, 0.29) is 5.56 Å². The molecule has 8 nitrogen and oxygen atoms in total. The predicted octanol–water partition coefficient (Wildman–Crippen LogP) is 5.64. The number of pyridine rings is 1. The van der Waals surface area contributed by atoms with Crippen molar-refractivity contribution in [1.82, 2.24) is 4.98 Å². The van der Waals surface area contributed by atoms with Gasteiger partial charge in [0.2, 0.25) is 5.75 Å². The molecular weight excluding hydrogens is 587 g/mol. The molecule has 9 heteroatoms. The SMILES string of the molecule is COc1cc(-c2cc(C(=O)OCC(=O)Nc3ccc(I)cc3C)c3ccccc3n2)cc(OC)c1OC. The number of esters is 1. The number of nitrogens with one attached hydrogen (secondary N) is 1. The van der Waals surface area contributed by atoms with E-state index in [9.17, 15) is 9.59 Å². The van der Waals surface area contributed by atoms with E-state index in [1.165, 1.54) is 21.3 Å². The zero-order valence-corrected chi connectivity index (χ0v) is 22.9. The standard InChI is InChI=1S/C28H25IN2O6/c1-16-11-18(29)9-10-21(16)31-26(32)15-37-28(33)20-14-23(30-22-8-6-5-7-19(20)22)17-12-24(34-2)27(36-4)25(13-17)35-3/h5-14H,15H2,1-4H3,(H,31,32). The second-order valence-electron chi connectivity index (χ2n) is 8.07. The summed E-state index contributed by atoms with van der Waals surface area (Å²) in [6.07, 6.45) is 0. The molecule has 0 spiro atoms. The molecule has 0 unspecified atom stereocenters. The van der Waals surface area contributed by atoms with Crippen LogP contribution in [-0.4, -0.2) is 44.8 Å². The number of aromatic nitrogens is 1. The summed E-state index contributed by atoms with van der Waals surface area (Å²) in [5.41, 5.74) is 3.62. The van der Waals surface area contributed by atoms with Crippen LogP contribution in [0.15, 0.2) is 60.7 Å². The largest absolute Gasteiger partial charge is 0.493 e. The van der Waals surface area contributed by atoms with Crippen LogP contribution in [0.5, 0.6) is 17.2 Å². The lowest BCUT2D eigenvalue weighted by Crippen LogP contribution is -2.21. The van der Waals surface area contributed by atoms with Crippen LogP contribution in [0, 0.1) is 10.5 Å². The number of hydrogen-bond donors (Lipinski definition) is 1. The first-order valence-corrected chi connectivity index (χ1v) is 12.4. The number of methoxy groups -OCH3 is 3. The first kappa shape index (κ1) is 26.2. The molecule has 4 aromatic rings. The van der Waals surface area contributed by atoms with Gasteiger partial charge in [0, 0.05) is 20.2 Å². The summed E-state index contributed by atoms with van der Waals surface area (Å²) < 4.78 is 22.8. The first-order chi connectivity index (χ1) is 17.8. The van der Waals surface area contributed by atoms with Crippen molar-refractivity contribution in [3.63, 3.8) is 0 Å². The van der Waals surface area contributed by atoms with Gasteiger partial charge in [0.15, 0.2) is 18.1 Å². The number of carbonyl (C=O) groups is 2. The molecule has 1 N–H and O–H groups in total. The molecule has 0 bridgehead atoms. The molecule has 190 valence electrons. The van der Waals surface area contributed by atoms with Gasteiger partial charge in [-0.15, -0.1) is 0 Å². The van der Waals surface area contributed by atoms with Crippen LogP contribution in [0.3, 0.4) is 0 Å². The van der Waals surface area contributed by atoms with Crippen molar-refractivity contribution in [2.24, 2.45) is 0 Å². The molecule has 1 amide bonds. The fourth-order valence-corrected chi connectivity index (χ4v) is 4.53. The molecule has 0 atom stereocenters. The number of amides is 1. The predicted molar refractivity (Wildman–Crippen MR) is 150 cm³/mol. The third kappa shape index (κ3) is 5.77. The van der Waals surface area contributed by atoms with Crippen molar-refractivity contribution in [3.05, 3.63) is 75.4 Å². The van der Waals surface area contributed by atoms with Crippen molar-refractivity contribution in [3.8, 4) is 28.5 Å². The van der Waals surface area contributed by atoms with Gasteiger partial charge >= 0.3 is 5.97 Å². The van der Waals surface area contributed by atoms with Crippen molar-refractivity contribution in [2.75, 3.05) is 33.3 Å². The Kier molecular flexibility index (Phi) is 8.12. The van der Waals surface area contributed by atoms with Crippen molar-refractivity contribution >= 4 is 51.1 Å². The monoisotopic (exact) mass is 612 g/mol.